The summed E-state index contributed by atoms with van der Waals surface area (Å²) in [5, 5.41) is 4.68. The van der Waals surface area contributed by atoms with Gasteiger partial charge in [0.2, 0.25) is 0 Å². The van der Waals surface area contributed by atoms with E-state index in [1.165, 1.54) is 56.9 Å². The topological polar surface area (TPSA) is 12.0 Å². The fourth-order valence-electron chi connectivity index (χ4n) is 2.86. The Morgan fingerprint density at radius 2 is 1.52 bits per heavy atom. The Morgan fingerprint density at radius 1 is 0.952 bits per heavy atom. The second-order valence-electron chi connectivity index (χ2n) is 6.10. The van der Waals surface area contributed by atoms with Crippen molar-refractivity contribution in [3.8, 4) is 0 Å². The van der Waals surface area contributed by atoms with Gasteiger partial charge in [0, 0.05) is 17.1 Å². The van der Waals surface area contributed by atoms with Crippen molar-refractivity contribution in [1.29, 1.82) is 0 Å². The van der Waals surface area contributed by atoms with Crippen molar-refractivity contribution in [3.63, 3.8) is 0 Å². The van der Waals surface area contributed by atoms with E-state index in [1.54, 1.807) is 0 Å². The lowest BCUT2D eigenvalue weighted by Crippen LogP contribution is -2.31. The lowest BCUT2D eigenvalue weighted by Gasteiger charge is -2.24. The molecule has 0 amide bonds. The molecule has 0 aliphatic carbocycles. The molecule has 0 heterocycles. The standard InChI is InChI=1S/C19H32ClN/c1-4-6-8-12-17(13-9-7-5-2)21-16(3)18-14-10-11-15-19(18)20/h10-11,14-17,21H,4-9,12-13H2,1-3H3/t16-/m0/s1. The summed E-state index contributed by atoms with van der Waals surface area (Å²) in [7, 11) is 0. The van der Waals surface area contributed by atoms with Crippen molar-refractivity contribution in [1.82, 2.24) is 5.32 Å². The summed E-state index contributed by atoms with van der Waals surface area (Å²) in [5.74, 6) is 0. The van der Waals surface area contributed by atoms with Gasteiger partial charge in [-0.2, -0.15) is 0 Å². The summed E-state index contributed by atoms with van der Waals surface area (Å²) in [6.45, 7) is 6.77. The molecule has 1 atom stereocenters. The average molecular weight is 310 g/mol. The van der Waals surface area contributed by atoms with E-state index >= 15 is 0 Å². The third kappa shape index (κ3) is 7.33. The smallest absolute Gasteiger partial charge is 0.0453 e. The van der Waals surface area contributed by atoms with Crippen LogP contribution < -0.4 is 5.32 Å². The third-order valence-electron chi connectivity index (χ3n) is 4.17. The highest BCUT2D eigenvalue weighted by molar-refractivity contribution is 6.31. The molecule has 0 radical (unpaired) electrons. The van der Waals surface area contributed by atoms with E-state index in [0.29, 0.717) is 12.1 Å². The molecular formula is C19H32ClN. The molecule has 0 unspecified atom stereocenters. The van der Waals surface area contributed by atoms with Crippen molar-refractivity contribution in [2.75, 3.05) is 0 Å². The van der Waals surface area contributed by atoms with E-state index in [1.807, 2.05) is 12.1 Å². The lowest BCUT2D eigenvalue weighted by atomic mass is 9.99. The highest BCUT2D eigenvalue weighted by Crippen LogP contribution is 2.24. The molecule has 0 saturated heterocycles. The molecule has 1 aromatic carbocycles. The fourth-order valence-corrected chi connectivity index (χ4v) is 3.16. The van der Waals surface area contributed by atoms with Crippen LogP contribution in [-0.4, -0.2) is 6.04 Å². The summed E-state index contributed by atoms with van der Waals surface area (Å²) in [5.41, 5.74) is 1.22. The van der Waals surface area contributed by atoms with E-state index in [0.717, 1.165) is 5.02 Å². The van der Waals surface area contributed by atoms with Crippen LogP contribution in [-0.2, 0) is 0 Å². The normalized spacial score (nSPS) is 12.8. The summed E-state index contributed by atoms with van der Waals surface area (Å²) in [6, 6.07) is 9.13. The number of hydrogen-bond acceptors (Lipinski definition) is 1. The lowest BCUT2D eigenvalue weighted by molar-refractivity contribution is 0.384. The van der Waals surface area contributed by atoms with Gasteiger partial charge in [0.25, 0.3) is 0 Å². The Bertz CT molecular complexity index is 368. The first-order valence-corrected chi connectivity index (χ1v) is 9.07. The first-order valence-electron chi connectivity index (χ1n) is 8.69. The summed E-state index contributed by atoms with van der Waals surface area (Å²) >= 11 is 6.32. The SMILES string of the molecule is CCCCCC(CCCCC)N[C@@H](C)c1ccccc1Cl. The van der Waals surface area contributed by atoms with Crippen molar-refractivity contribution < 1.29 is 0 Å². The largest absolute Gasteiger partial charge is 0.307 e. The number of unbranched alkanes of at least 4 members (excludes halogenated alkanes) is 4. The number of halogens is 1. The molecule has 0 saturated carbocycles. The van der Waals surface area contributed by atoms with Gasteiger partial charge in [0.05, 0.1) is 0 Å². The van der Waals surface area contributed by atoms with E-state index in [-0.39, 0.29) is 0 Å². The second kappa shape index (κ2) is 11.1. The van der Waals surface area contributed by atoms with E-state index in [4.69, 9.17) is 11.6 Å². The Morgan fingerprint density at radius 3 is 2.05 bits per heavy atom. The highest BCUT2D eigenvalue weighted by atomic mass is 35.5. The number of hydrogen-bond donors (Lipinski definition) is 1. The van der Waals surface area contributed by atoms with Gasteiger partial charge in [-0.05, 0) is 31.4 Å². The molecule has 0 fully saturated rings. The summed E-state index contributed by atoms with van der Waals surface area (Å²) in [6.07, 6.45) is 10.5. The van der Waals surface area contributed by atoms with Crippen LogP contribution in [0.25, 0.3) is 0 Å². The number of rotatable bonds is 11. The molecule has 120 valence electrons. The summed E-state index contributed by atoms with van der Waals surface area (Å²) in [4.78, 5) is 0. The van der Waals surface area contributed by atoms with E-state index < -0.39 is 0 Å². The first-order chi connectivity index (χ1) is 10.2. The van der Waals surface area contributed by atoms with Gasteiger partial charge >= 0.3 is 0 Å². The molecule has 0 aliphatic rings. The predicted octanol–water partition coefficient (Wildman–Crippen LogP) is 6.52. The van der Waals surface area contributed by atoms with Gasteiger partial charge in [-0.25, -0.2) is 0 Å². The minimum Gasteiger partial charge on any atom is -0.307 e. The van der Waals surface area contributed by atoms with Crippen molar-refractivity contribution in [2.24, 2.45) is 0 Å². The van der Waals surface area contributed by atoms with Crippen LogP contribution in [0.15, 0.2) is 24.3 Å². The van der Waals surface area contributed by atoms with Crippen LogP contribution in [0.1, 0.15) is 83.7 Å². The molecular weight excluding hydrogens is 278 g/mol. The molecule has 0 aromatic heterocycles. The maximum Gasteiger partial charge on any atom is 0.0453 e. The van der Waals surface area contributed by atoms with E-state index in [2.05, 4.69) is 38.2 Å². The zero-order valence-corrected chi connectivity index (χ0v) is 14.8. The van der Waals surface area contributed by atoms with Gasteiger partial charge in [-0.1, -0.05) is 82.2 Å². The molecule has 0 spiro atoms. The van der Waals surface area contributed by atoms with Crippen LogP contribution in [0.2, 0.25) is 5.02 Å². The van der Waals surface area contributed by atoms with Crippen LogP contribution in [0.5, 0.6) is 0 Å². The first kappa shape index (κ1) is 18.5. The minimum absolute atomic E-state index is 0.326. The van der Waals surface area contributed by atoms with Gasteiger partial charge in [-0.15, -0.1) is 0 Å². The summed E-state index contributed by atoms with van der Waals surface area (Å²) < 4.78 is 0. The van der Waals surface area contributed by atoms with Gasteiger partial charge in [0.1, 0.15) is 0 Å². The van der Waals surface area contributed by atoms with Gasteiger partial charge in [-0.3, -0.25) is 0 Å². The average Bonchev–Trinajstić information content (AvgIpc) is 2.48. The Hall–Kier alpha value is -0.530. The second-order valence-corrected chi connectivity index (χ2v) is 6.51. The third-order valence-corrected chi connectivity index (χ3v) is 4.51. The molecule has 0 bridgehead atoms. The Labute approximate surface area is 136 Å². The van der Waals surface area contributed by atoms with Crippen LogP contribution in [0, 0.1) is 0 Å². The Kier molecular flexibility index (Phi) is 9.78. The van der Waals surface area contributed by atoms with Gasteiger partial charge in [0.15, 0.2) is 0 Å². The molecule has 1 nitrogen and oxygen atoms in total. The Balaban J connectivity index is 2.54. The molecule has 1 N–H and O–H groups in total. The molecule has 2 heteroatoms. The van der Waals surface area contributed by atoms with Crippen molar-refractivity contribution >= 4 is 11.6 Å². The quantitative estimate of drug-likeness (QED) is 0.459. The minimum atomic E-state index is 0.326. The highest BCUT2D eigenvalue weighted by Gasteiger charge is 2.14. The monoisotopic (exact) mass is 309 g/mol. The number of nitrogens with one attached hydrogen (secondary N) is 1. The molecule has 21 heavy (non-hydrogen) atoms. The maximum atomic E-state index is 6.32. The number of benzene rings is 1. The molecule has 1 rings (SSSR count). The van der Waals surface area contributed by atoms with Crippen LogP contribution in [0.3, 0.4) is 0 Å². The van der Waals surface area contributed by atoms with Crippen LogP contribution in [0.4, 0.5) is 0 Å². The maximum absolute atomic E-state index is 6.32. The van der Waals surface area contributed by atoms with E-state index in [9.17, 15) is 0 Å². The zero-order valence-electron chi connectivity index (χ0n) is 14.0. The fraction of sp³-hybridized carbons (Fsp3) is 0.684. The van der Waals surface area contributed by atoms with Crippen molar-refractivity contribution in [3.05, 3.63) is 34.9 Å². The molecule has 1 aromatic rings. The van der Waals surface area contributed by atoms with Crippen LogP contribution >= 0.6 is 11.6 Å². The molecule has 0 aliphatic heterocycles. The predicted molar refractivity (Wildman–Crippen MR) is 95.1 cm³/mol. The zero-order chi connectivity index (χ0) is 15.5. The van der Waals surface area contributed by atoms with Crippen molar-refractivity contribution in [2.45, 2.75) is 84.2 Å². The van der Waals surface area contributed by atoms with Gasteiger partial charge < -0.3 is 5.32 Å².